The lowest BCUT2D eigenvalue weighted by Gasteiger charge is -2.41. The summed E-state index contributed by atoms with van der Waals surface area (Å²) in [6.45, 7) is 4.52. The predicted molar refractivity (Wildman–Crippen MR) is 78.1 cm³/mol. The summed E-state index contributed by atoms with van der Waals surface area (Å²) < 4.78 is 5.78. The fourth-order valence-electron chi connectivity index (χ4n) is 4.28. The molecule has 2 aliphatic rings. The molecule has 110 valence electrons. The van der Waals surface area contributed by atoms with E-state index in [4.69, 9.17) is 4.74 Å². The molecule has 4 unspecified atom stereocenters. The zero-order valence-corrected chi connectivity index (χ0v) is 12.9. The van der Waals surface area contributed by atoms with Gasteiger partial charge in [0.25, 0.3) is 0 Å². The predicted octanol–water partition coefficient (Wildman–Crippen LogP) is 4.37. The van der Waals surface area contributed by atoms with Gasteiger partial charge in [-0.15, -0.1) is 0 Å². The van der Waals surface area contributed by atoms with Crippen LogP contribution in [0, 0.1) is 17.8 Å². The first kappa shape index (κ1) is 15.0. The maximum absolute atomic E-state index is 13.0. The van der Waals surface area contributed by atoms with E-state index in [0.717, 1.165) is 38.0 Å². The lowest BCUT2D eigenvalue weighted by molar-refractivity contribution is -0.153. The van der Waals surface area contributed by atoms with E-state index < -0.39 is 5.60 Å². The second-order valence-electron chi connectivity index (χ2n) is 6.90. The van der Waals surface area contributed by atoms with Gasteiger partial charge in [0.15, 0.2) is 5.78 Å². The van der Waals surface area contributed by atoms with Gasteiger partial charge < -0.3 is 4.74 Å². The van der Waals surface area contributed by atoms with Gasteiger partial charge >= 0.3 is 0 Å². The first-order chi connectivity index (χ1) is 9.11. The van der Waals surface area contributed by atoms with Crippen LogP contribution in [0.25, 0.3) is 0 Å². The van der Waals surface area contributed by atoms with E-state index in [1.165, 1.54) is 25.7 Å². The Morgan fingerprint density at radius 2 is 2.05 bits per heavy atom. The topological polar surface area (TPSA) is 26.3 Å². The largest absolute Gasteiger partial charge is 0.370 e. The smallest absolute Gasteiger partial charge is 0.167 e. The lowest BCUT2D eigenvalue weighted by Crippen LogP contribution is -2.48. The Morgan fingerprint density at radius 1 is 1.26 bits per heavy atom. The standard InChI is InChI=1S/C17H30O2/c1-4-14-8-5-9-15(11-14)16(18)17(19-3)10-6-7-13(2)12-17/h13-15H,4-12H2,1-3H3. The molecule has 2 rings (SSSR count). The number of carbonyl (C=O) groups excluding carboxylic acids is 1. The number of hydrogen-bond acceptors (Lipinski definition) is 2. The molecule has 0 aliphatic heterocycles. The van der Waals surface area contributed by atoms with Crippen molar-refractivity contribution < 1.29 is 9.53 Å². The number of Topliss-reactive ketones (excluding diaryl/α,β-unsaturated/α-hetero) is 1. The van der Waals surface area contributed by atoms with Crippen LogP contribution in [0.15, 0.2) is 0 Å². The van der Waals surface area contributed by atoms with Crippen molar-refractivity contribution in [2.24, 2.45) is 17.8 Å². The average Bonchev–Trinajstić information content (AvgIpc) is 2.46. The third-order valence-corrected chi connectivity index (χ3v) is 5.53. The minimum atomic E-state index is -0.446. The molecule has 0 saturated heterocycles. The van der Waals surface area contributed by atoms with E-state index in [-0.39, 0.29) is 5.92 Å². The molecule has 0 aromatic rings. The van der Waals surface area contributed by atoms with Gasteiger partial charge in [0.2, 0.25) is 0 Å². The quantitative estimate of drug-likeness (QED) is 0.755. The van der Waals surface area contributed by atoms with E-state index >= 15 is 0 Å². The van der Waals surface area contributed by atoms with Gasteiger partial charge in [0.05, 0.1) is 0 Å². The van der Waals surface area contributed by atoms with Crippen LogP contribution in [0.3, 0.4) is 0 Å². The van der Waals surface area contributed by atoms with E-state index in [1.807, 2.05) is 0 Å². The van der Waals surface area contributed by atoms with Crippen molar-refractivity contribution in [3.05, 3.63) is 0 Å². The SMILES string of the molecule is CCC1CCCC(C(=O)C2(OC)CCCC(C)C2)C1. The average molecular weight is 266 g/mol. The summed E-state index contributed by atoms with van der Waals surface area (Å²) in [5.74, 6) is 2.09. The van der Waals surface area contributed by atoms with E-state index in [9.17, 15) is 4.79 Å². The van der Waals surface area contributed by atoms with Crippen molar-refractivity contribution in [2.45, 2.75) is 77.2 Å². The van der Waals surface area contributed by atoms with Crippen molar-refractivity contribution >= 4 is 5.78 Å². The fourth-order valence-corrected chi connectivity index (χ4v) is 4.28. The first-order valence-electron chi connectivity index (χ1n) is 8.20. The zero-order valence-electron chi connectivity index (χ0n) is 12.9. The van der Waals surface area contributed by atoms with Crippen LogP contribution in [0.4, 0.5) is 0 Å². The normalized spacial score (nSPS) is 40.1. The highest BCUT2D eigenvalue weighted by molar-refractivity contribution is 5.89. The molecule has 0 spiro atoms. The number of carbonyl (C=O) groups is 1. The number of ketones is 1. The molecule has 0 heterocycles. The number of methoxy groups -OCH3 is 1. The summed E-state index contributed by atoms with van der Waals surface area (Å²) >= 11 is 0. The van der Waals surface area contributed by atoms with Crippen LogP contribution in [0.5, 0.6) is 0 Å². The first-order valence-corrected chi connectivity index (χ1v) is 8.20. The Hall–Kier alpha value is -0.370. The van der Waals surface area contributed by atoms with Crippen LogP contribution < -0.4 is 0 Å². The monoisotopic (exact) mass is 266 g/mol. The number of hydrogen-bond donors (Lipinski definition) is 0. The maximum Gasteiger partial charge on any atom is 0.167 e. The van der Waals surface area contributed by atoms with Crippen molar-refractivity contribution in [1.29, 1.82) is 0 Å². The molecule has 4 atom stereocenters. The number of rotatable bonds is 4. The van der Waals surface area contributed by atoms with Crippen molar-refractivity contribution in [2.75, 3.05) is 7.11 Å². The third kappa shape index (κ3) is 3.21. The molecule has 0 N–H and O–H groups in total. The summed E-state index contributed by atoms with van der Waals surface area (Å²) in [4.78, 5) is 13.0. The summed E-state index contributed by atoms with van der Waals surface area (Å²) in [7, 11) is 1.75. The Labute approximate surface area is 118 Å². The molecule has 2 saturated carbocycles. The third-order valence-electron chi connectivity index (χ3n) is 5.53. The molecule has 0 aromatic carbocycles. The Morgan fingerprint density at radius 3 is 2.68 bits per heavy atom. The highest BCUT2D eigenvalue weighted by Crippen LogP contribution is 2.41. The van der Waals surface area contributed by atoms with Gasteiger partial charge in [-0.1, -0.05) is 39.5 Å². The fraction of sp³-hybridized carbons (Fsp3) is 0.941. The van der Waals surface area contributed by atoms with E-state index in [1.54, 1.807) is 7.11 Å². The van der Waals surface area contributed by atoms with Gasteiger partial charge in [0.1, 0.15) is 5.60 Å². The summed E-state index contributed by atoms with van der Waals surface area (Å²) in [6, 6.07) is 0. The summed E-state index contributed by atoms with van der Waals surface area (Å²) in [5, 5.41) is 0. The molecule has 19 heavy (non-hydrogen) atoms. The van der Waals surface area contributed by atoms with Gasteiger partial charge in [-0.25, -0.2) is 0 Å². The minimum Gasteiger partial charge on any atom is -0.370 e. The second kappa shape index (κ2) is 6.39. The van der Waals surface area contributed by atoms with Gasteiger partial charge in [-0.05, 0) is 43.9 Å². The molecule has 2 fully saturated rings. The van der Waals surface area contributed by atoms with E-state index in [2.05, 4.69) is 13.8 Å². The molecule has 0 amide bonds. The van der Waals surface area contributed by atoms with Gasteiger partial charge in [0, 0.05) is 13.0 Å². The Bertz CT molecular complexity index is 312. The minimum absolute atomic E-state index is 0.268. The molecule has 2 heteroatoms. The molecular formula is C17H30O2. The number of ether oxygens (including phenoxy) is 1. The Kier molecular flexibility index (Phi) is 5.05. The van der Waals surface area contributed by atoms with Crippen LogP contribution in [-0.4, -0.2) is 18.5 Å². The molecule has 0 bridgehead atoms. The van der Waals surface area contributed by atoms with Crippen LogP contribution in [0.1, 0.15) is 71.6 Å². The molecule has 0 radical (unpaired) electrons. The van der Waals surface area contributed by atoms with Crippen LogP contribution >= 0.6 is 0 Å². The van der Waals surface area contributed by atoms with Crippen molar-refractivity contribution in [3.63, 3.8) is 0 Å². The van der Waals surface area contributed by atoms with Gasteiger partial charge in [-0.2, -0.15) is 0 Å². The maximum atomic E-state index is 13.0. The molecule has 2 aliphatic carbocycles. The molecular weight excluding hydrogens is 236 g/mol. The lowest BCUT2D eigenvalue weighted by atomic mass is 9.69. The highest BCUT2D eigenvalue weighted by Gasteiger charge is 2.45. The highest BCUT2D eigenvalue weighted by atomic mass is 16.5. The van der Waals surface area contributed by atoms with E-state index in [0.29, 0.717) is 11.7 Å². The molecule has 2 nitrogen and oxygen atoms in total. The van der Waals surface area contributed by atoms with Crippen molar-refractivity contribution in [3.8, 4) is 0 Å². The van der Waals surface area contributed by atoms with Gasteiger partial charge in [-0.3, -0.25) is 4.79 Å². The molecule has 0 aromatic heterocycles. The van der Waals surface area contributed by atoms with Crippen LogP contribution in [0.2, 0.25) is 0 Å². The summed E-state index contributed by atoms with van der Waals surface area (Å²) in [5.41, 5.74) is -0.446. The Balaban J connectivity index is 2.07. The second-order valence-corrected chi connectivity index (χ2v) is 6.90. The summed E-state index contributed by atoms with van der Waals surface area (Å²) in [6.07, 6.45) is 10.2. The van der Waals surface area contributed by atoms with Crippen LogP contribution in [-0.2, 0) is 9.53 Å². The zero-order chi connectivity index (χ0) is 13.9. The van der Waals surface area contributed by atoms with Crippen molar-refractivity contribution in [1.82, 2.24) is 0 Å².